The summed E-state index contributed by atoms with van der Waals surface area (Å²) in [6.07, 6.45) is 5.50. The predicted octanol–water partition coefficient (Wildman–Crippen LogP) is 3.88. The van der Waals surface area contributed by atoms with Crippen LogP contribution < -0.4 is 0 Å². The Balaban J connectivity index is 2.01. The van der Waals surface area contributed by atoms with Gasteiger partial charge in [0.05, 0.1) is 18.3 Å². The van der Waals surface area contributed by atoms with E-state index in [1.165, 1.54) is 9.75 Å². The Kier molecular flexibility index (Phi) is 4.03. The first-order valence-electron chi connectivity index (χ1n) is 6.74. The van der Waals surface area contributed by atoms with Crippen molar-refractivity contribution in [2.24, 2.45) is 0 Å². The van der Waals surface area contributed by atoms with Gasteiger partial charge in [-0.2, -0.15) is 0 Å². The molecule has 0 radical (unpaired) electrons. The van der Waals surface area contributed by atoms with Crippen LogP contribution in [0.3, 0.4) is 0 Å². The molecule has 3 heterocycles. The highest BCUT2D eigenvalue weighted by Crippen LogP contribution is 2.22. The normalized spacial score (nSPS) is 11.3. The maximum Gasteiger partial charge on any atom is 0.111 e. The molecule has 3 aromatic rings. The fourth-order valence-electron chi connectivity index (χ4n) is 2.34. The zero-order valence-electron chi connectivity index (χ0n) is 11.3. The standard InChI is InChI=1S/C15H16ClN3S/c1-2-11-3-4-12(20-11)10-19-14-6-8-17-9-13(14)18-15(19)5-7-16/h3-4,6,8-9H,2,5,7,10H2,1H3. The van der Waals surface area contributed by atoms with Gasteiger partial charge in [0, 0.05) is 28.3 Å². The van der Waals surface area contributed by atoms with Crippen molar-refractivity contribution < 1.29 is 0 Å². The molecule has 0 amide bonds. The zero-order chi connectivity index (χ0) is 13.9. The second kappa shape index (κ2) is 5.94. The first-order chi connectivity index (χ1) is 9.81. The molecule has 0 fully saturated rings. The van der Waals surface area contributed by atoms with Gasteiger partial charge in [-0.25, -0.2) is 4.98 Å². The molecule has 0 aliphatic carbocycles. The maximum atomic E-state index is 5.90. The van der Waals surface area contributed by atoms with E-state index < -0.39 is 0 Å². The average Bonchev–Trinajstić information content (AvgIpc) is 3.05. The number of alkyl halides is 1. The summed E-state index contributed by atoms with van der Waals surface area (Å²) in [6, 6.07) is 6.44. The highest BCUT2D eigenvalue weighted by Gasteiger charge is 2.11. The minimum Gasteiger partial charge on any atom is -0.323 e. The molecule has 0 aliphatic heterocycles. The number of thiophene rings is 1. The van der Waals surface area contributed by atoms with E-state index in [4.69, 9.17) is 11.6 Å². The van der Waals surface area contributed by atoms with Gasteiger partial charge >= 0.3 is 0 Å². The Hall–Kier alpha value is -1.39. The van der Waals surface area contributed by atoms with Crippen LogP contribution in [0.2, 0.25) is 0 Å². The van der Waals surface area contributed by atoms with Gasteiger partial charge in [-0.1, -0.05) is 6.92 Å². The van der Waals surface area contributed by atoms with Gasteiger partial charge in [-0.05, 0) is 24.6 Å². The Morgan fingerprint density at radius 1 is 1.25 bits per heavy atom. The van der Waals surface area contributed by atoms with Crippen LogP contribution >= 0.6 is 22.9 Å². The molecular formula is C15H16ClN3S. The Bertz CT molecular complexity index is 717. The molecule has 0 atom stereocenters. The molecular weight excluding hydrogens is 290 g/mol. The molecule has 0 aliphatic rings. The molecule has 3 aromatic heterocycles. The van der Waals surface area contributed by atoms with Crippen molar-refractivity contribution in [3.8, 4) is 0 Å². The van der Waals surface area contributed by atoms with Crippen LogP contribution in [0.4, 0.5) is 0 Å². The molecule has 5 heteroatoms. The summed E-state index contributed by atoms with van der Waals surface area (Å²) in [5.74, 6) is 1.62. The molecule has 20 heavy (non-hydrogen) atoms. The largest absolute Gasteiger partial charge is 0.323 e. The highest BCUT2D eigenvalue weighted by atomic mass is 35.5. The van der Waals surface area contributed by atoms with Gasteiger partial charge in [-0.15, -0.1) is 22.9 Å². The molecule has 3 rings (SSSR count). The number of imidazole rings is 1. The molecule has 0 bridgehead atoms. The summed E-state index contributed by atoms with van der Waals surface area (Å²) < 4.78 is 2.25. The van der Waals surface area contributed by atoms with Gasteiger partial charge in [-0.3, -0.25) is 4.98 Å². The number of nitrogens with zero attached hydrogens (tertiary/aromatic N) is 3. The van der Waals surface area contributed by atoms with Gasteiger partial charge in [0.25, 0.3) is 0 Å². The van der Waals surface area contributed by atoms with Crippen molar-refractivity contribution >= 4 is 34.0 Å². The summed E-state index contributed by atoms with van der Waals surface area (Å²) in [5, 5.41) is 0. The summed E-state index contributed by atoms with van der Waals surface area (Å²) in [4.78, 5) is 11.6. The van der Waals surface area contributed by atoms with E-state index in [-0.39, 0.29) is 0 Å². The van der Waals surface area contributed by atoms with E-state index in [9.17, 15) is 0 Å². The number of hydrogen-bond donors (Lipinski definition) is 0. The van der Waals surface area contributed by atoms with Crippen LogP contribution in [0.15, 0.2) is 30.6 Å². The minimum absolute atomic E-state index is 0.585. The number of rotatable bonds is 5. The van der Waals surface area contributed by atoms with Gasteiger partial charge in [0.15, 0.2) is 0 Å². The first kappa shape index (κ1) is 13.6. The maximum absolute atomic E-state index is 5.90. The van der Waals surface area contributed by atoms with Crippen LogP contribution in [-0.2, 0) is 19.4 Å². The SMILES string of the molecule is CCc1ccc(Cn2c(CCCl)nc3cnccc32)s1. The molecule has 0 unspecified atom stereocenters. The number of fused-ring (bicyclic) bond motifs is 1. The van der Waals surface area contributed by atoms with Crippen LogP contribution in [0.25, 0.3) is 11.0 Å². The summed E-state index contributed by atoms with van der Waals surface area (Å²) in [7, 11) is 0. The molecule has 0 aromatic carbocycles. The number of halogens is 1. The number of aromatic nitrogens is 3. The monoisotopic (exact) mass is 305 g/mol. The first-order valence-corrected chi connectivity index (χ1v) is 8.09. The quantitative estimate of drug-likeness (QED) is 0.670. The van der Waals surface area contributed by atoms with E-state index in [0.29, 0.717) is 5.88 Å². The third-order valence-electron chi connectivity index (χ3n) is 3.33. The van der Waals surface area contributed by atoms with Crippen LogP contribution in [0.5, 0.6) is 0 Å². The number of pyridine rings is 1. The van der Waals surface area contributed by atoms with Crippen molar-refractivity contribution in [3.63, 3.8) is 0 Å². The Morgan fingerprint density at radius 3 is 2.85 bits per heavy atom. The third kappa shape index (κ3) is 2.58. The van der Waals surface area contributed by atoms with Crippen LogP contribution in [0, 0.1) is 0 Å². The third-order valence-corrected chi connectivity index (χ3v) is 4.73. The van der Waals surface area contributed by atoms with Gasteiger partial charge < -0.3 is 4.57 Å². The van der Waals surface area contributed by atoms with E-state index in [1.54, 1.807) is 0 Å². The number of aryl methyl sites for hydroxylation is 2. The van der Waals surface area contributed by atoms with Crippen molar-refractivity contribution in [2.45, 2.75) is 26.3 Å². The lowest BCUT2D eigenvalue weighted by molar-refractivity contribution is 0.763. The summed E-state index contributed by atoms with van der Waals surface area (Å²) in [6.45, 7) is 3.05. The number of hydrogen-bond acceptors (Lipinski definition) is 3. The molecule has 0 N–H and O–H groups in total. The highest BCUT2D eigenvalue weighted by molar-refractivity contribution is 7.11. The lowest BCUT2D eigenvalue weighted by Crippen LogP contribution is -2.04. The van der Waals surface area contributed by atoms with Crippen molar-refractivity contribution in [2.75, 3.05) is 5.88 Å². The predicted molar refractivity (Wildman–Crippen MR) is 84.8 cm³/mol. The molecule has 104 valence electrons. The van der Waals surface area contributed by atoms with E-state index in [1.807, 2.05) is 29.8 Å². The van der Waals surface area contributed by atoms with Gasteiger partial charge in [0.2, 0.25) is 0 Å². The zero-order valence-corrected chi connectivity index (χ0v) is 12.9. The Labute approximate surface area is 127 Å². The molecule has 0 spiro atoms. The van der Waals surface area contributed by atoms with Crippen molar-refractivity contribution in [3.05, 3.63) is 46.2 Å². The average molecular weight is 306 g/mol. The van der Waals surface area contributed by atoms with Crippen molar-refractivity contribution in [1.82, 2.24) is 14.5 Å². The fourth-order valence-corrected chi connectivity index (χ4v) is 3.45. The topological polar surface area (TPSA) is 30.7 Å². The van der Waals surface area contributed by atoms with Crippen LogP contribution in [0.1, 0.15) is 22.5 Å². The Morgan fingerprint density at radius 2 is 2.10 bits per heavy atom. The summed E-state index contributed by atoms with van der Waals surface area (Å²) in [5.41, 5.74) is 2.08. The van der Waals surface area contributed by atoms with Gasteiger partial charge in [0.1, 0.15) is 11.3 Å². The lowest BCUT2D eigenvalue weighted by atomic mass is 10.3. The second-order valence-electron chi connectivity index (χ2n) is 4.64. The smallest absolute Gasteiger partial charge is 0.111 e. The van der Waals surface area contributed by atoms with Crippen LogP contribution in [-0.4, -0.2) is 20.4 Å². The molecule has 3 nitrogen and oxygen atoms in total. The fraction of sp³-hybridized carbons (Fsp3) is 0.333. The van der Waals surface area contributed by atoms with Crippen molar-refractivity contribution in [1.29, 1.82) is 0 Å². The summed E-state index contributed by atoms with van der Waals surface area (Å²) >= 11 is 7.77. The second-order valence-corrected chi connectivity index (χ2v) is 6.27. The lowest BCUT2D eigenvalue weighted by Gasteiger charge is -2.06. The minimum atomic E-state index is 0.585. The van der Waals surface area contributed by atoms with E-state index >= 15 is 0 Å². The molecule has 0 saturated heterocycles. The van der Waals surface area contributed by atoms with E-state index in [0.717, 1.165) is 36.2 Å². The molecule has 0 saturated carbocycles. The van der Waals surface area contributed by atoms with E-state index in [2.05, 4.69) is 33.6 Å².